The minimum absolute atomic E-state index is 0.165. The molecule has 0 spiro atoms. The Labute approximate surface area is 81.8 Å². The molecule has 0 aliphatic rings. The second kappa shape index (κ2) is 3.12. The standard InChI is InChI=1S/C6H4N6OS/c1-14-6-8-5-10-9-3(2-7)4(13)12(5)11-6/h1H3,(H,8,10,11). The number of nitrogens with zero attached hydrogens (tertiary/aromatic N) is 5. The van der Waals surface area contributed by atoms with E-state index in [1.54, 1.807) is 12.3 Å². The highest BCUT2D eigenvalue weighted by molar-refractivity contribution is 7.98. The average Bonchev–Trinajstić information content (AvgIpc) is 2.62. The van der Waals surface area contributed by atoms with E-state index in [-0.39, 0.29) is 11.5 Å². The van der Waals surface area contributed by atoms with Crippen molar-refractivity contribution in [2.45, 2.75) is 5.16 Å². The summed E-state index contributed by atoms with van der Waals surface area (Å²) in [6.07, 6.45) is 1.81. The zero-order valence-electron chi connectivity index (χ0n) is 7.05. The van der Waals surface area contributed by atoms with Crippen molar-refractivity contribution in [2.75, 3.05) is 6.26 Å². The lowest BCUT2D eigenvalue weighted by Crippen LogP contribution is -2.20. The molecule has 0 aliphatic heterocycles. The van der Waals surface area contributed by atoms with Crippen molar-refractivity contribution in [3.8, 4) is 6.07 Å². The van der Waals surface area contributed by atoms with Gasteiger partial charge < -0.3 is 0 Å². The largest absolute Gasteiger partial charge is 0.311 e. The maximum absolute atomic E-state index is 11.4. The van der Waals surface area contributed by atoms with Gasteiger partial charge in [0, 0.05) is 0 Å². The molecule has 70 valence electrons. The molecule has 0 saturated heterocycles. The van der Waals surface area contributed by atoms with Gasteiger partial charge >= 0.3 is 5.56 Å². The summed E-state index contributed by atoms with van der Waals surface area (Å²) in [5.74, 6) is 0.165. The number of aromatic nitrogens is 5. The number of nitriles is 1. The predicted molar refractivity (Wildman–Crippen MR) is 47.9 cm³/mol. The van der Waals surface area contributed by atoms with Crippen LogP contribution >= 0.6 is 11.8 Å². The van der Waals surface area contributed by atoms with Crippen molar-refractivity contribution in [3.63, 3.8) is 0 Å². The van der Waals surface area contributed by atoms with Crippen molar-refractivity contribution >= 4 is 17.5 Å². The third-order valence-corrected chi connectivity index (χ3v) is 2.12. The van der Waals surface area contributed by atoms with E-state index < -0.39 is 5.56 Å². The molecule has 2 rings (SSSR count). The van der Waals surface area contributed by atoms with Crippen LogP contribution in [0, 0.1) is 11.3 Å². The highest BCUT2D eigenvalue weighted by atomic mass is 32.2. The zero-order valence-corrected chi connectivity index (χ0v) is 7.87. The monoisotopic (exact) mass is 208 g/mol. The Morgan fingerprint density at radius 3 is 3.00 bits per heavy atom. The molecule has 0 saturated carbocycles. The summed E-state index contributed by atoms with van der Waals surface area (Å²) in [7, 11) is 0. The average molecular weight is 208 g/mol. The lowest BCUT2D eigenvalue weighted by molar-refractivity contribution is 0.815. The quantitative estimate of drug-likeness (QED) is 0.628. The molecule has 2 aromatic heterocycles. The van der Waals surface area contributed by atoms with E-state index in [4.69, 9.17) is 5.26 Å². The number of thioether (sulfide) groups is 1. The highest BCUT2D eigenvalue weighted by Crippen LogP contribution is 2.06. The Morgan fingerprint density at radius 1 is 1.57 bits per heavy atom. The molecule has 2 heterocycles. The summed E-state index contributed by atoms with van der Waals surface area (Å²) in [4.78, 5) is 15.4. The molecule has 0 radical (unpaired) electrons. The number of nitrogens with one attached hydrogen (secondary N) is 1. The lowest BCUT2D eigenvalue weighted by Gasteiger charge is -1.88. The van der Waals surface area contributed by atoms with Gasteiger partial charge in [0.25, 0.3) is 5.78 Å². The topological polar surface area (TPSA) is 99.7 Å². The van der Waals surface area contributed by atoms with Gasteiger partial charge in [0.05, 0.1) is 0 Å². The lowest BCUT2D eigenvalue weighted by atomic mass is 10.5. The summed E-state index contributed by atoms with van der Waals surface area (Å²) < 4.78 is 1.09. The SMILES string of the molecule is CSc1nc2nnc(C#N)c(=O)n2[nH]1. The second-order valence-corrected chi connectivity index (χ2v) is 3.13. The molecule has 0 atom stereocenters. The molecular weight excluding hydrogens is 204 g/mol. The van der Waals surface area contributed by atoms with Gasteiger partial charge in [-0.15, -0.1) is 10.2 Å². The number of aromatic amines is 1. The van der Waals surface area contributed by atoms with Crippen LogP contribution in [0.1, 0.15) is 5.69 Å². The summed E-state index contributed by atoms with van der Waals surface area (Å²) >= 11 is 1.34. The predicted octanol–water partition coefficient (Wildman–Crippen LogP) is -0.594. The van der Waals surface area contributed by atoms with Crippen LogP contribution in [0.2, 0.25) is 0 Å². The van der Waals surface area contributed by atoms with Gasteiger partial charge in [-0.2, -0.15) is 14.8 Å². The Hall–Kier alpha value is -1.88. The van der Waals surface area contributed by atoms with Crippen molar-refractivity contribution in [1.29, 1.82) is 5.26 Å². The third kappa shape index (κ3) is 1.14. The number of rotatable bonds is 1. The summed E-state index contributed by atoms with van der Waals surface area (Å²) in [5, 5.41) is 18.8. The maximum atomic E-state index is 11.4. The molecule has 1 N–H and O–H groups in total. The van der Waals surface area contributed by atoms with Gasteiger partial charge in [-0.3, -0.25) is 9.89 Å². The number of hydrogen-bond donors (Lipinski definition) is 1. The molecular formula is C6H4N6OS. The van der Waals surface area contributed by atoms with Crippen LogP contribution in [0.3, 0.4) is 0 Å². The first-order chi connectivity index (χ1) is 6.76. The minimum atomic E-state index is -0.537. The third-order valence-electron chi connectivity index (χ3n) is 1.55. The zero-order chi connectivity index (χ0) is 10.1. The molecule has 0 bridgehead atoms. The summed E-state index contributed by atoms with van der Waals surface area (Å²) in [6.45, 7) is 0. The second-order valence-electron chi connectivity index (χ2n) is 2.33. The van der Waals surface area contributed by atoms with E-state index in [9.17, 15) is 4.79 Å². The van der Waals surface area contributed by atoms with Crippen LogP contribution in [-0.2, 0) is 0 Å². The van der Waals surface area contributed by atoms with Gasteiger partial charge in [-0.1, -0.05) is 11.8 Å². The van der Waals surface area contributed by atoms with Gasteiger partial charge in [0.15, 0.2) is 5.16 Å². The molecule has 0 amide bonds. The molecule has 0 fully saturated rings. The first-order valence-corrected chi connectivity index (χ1v) is 4.78. The van der Waals surface area contributed by atoms with Crippen LogP contribution in [0.4, 0.5) is 0 Å². The Kier molecular flexibility index (Phi) is 1.94. The minimum Gasteiger partial charge on any atom is -0.266 e. The summed E-state index contributed by atoms with van der Waals surface area (Å²) in [5.41, 5.74) is -0.788. The number of hydrogen-bond acceptors (Lipinski definition) is 6. The van der Waals surface area contributed by atoms with E-state index in [1.807, 2.05) is 0 Å². The number of H-pyrrole nitrogens is 1. The van der Waals surface area contributed by atoms with Gasteiger partial charge in [0.2, 0.25) is 5.69 Å². The maximum Gasteiger partial charge on any atom is 0.311 e. The molecule has 0 aliphatic carbocycles. The van der Waals surface area contributed by atoms with Crippen LogP contribution in [0.25, 0.3) is 5.78 Å². The van der Waals surface area contributed by atoms with E-state index in [1.165, 1.54) is 11.8 Å². The normalized spacial score (nSPS) is 10.3. The smallest absolute Gasteiger partial charge is 0.266 e. The van der Waals surface area contributed by atoms with Crippen molar-refractivity contribution in [3.05, 3.63) is 16.0 Å². The summed E-state index contributed by atoms with van der Waals surface area (Å²) in [6, 6.07) is 1.65. The molecule has 2 aromatic rings. The Balaban J connectivity index is 2.84. The van der Waals surface area contributed by atoms with Crippen LogP contribution in [0.5, 0.6) is 0 Å². The van der Waals surface area contributed by atoms with Crippen molar-refractivity contribution < 1.29 is 0 Å². The fraction of sp³-hybridized carbons (Fsp3) is 0.167. The van der Waals surface area contributed by atoms with Gasteiger partial charge in [-0.05, 0) is 6.26 Å². The van der Waals surface area contributed by atoms with Crippen LogP contribution < -0.4 is 5.56 Å². The molecule has 14 heavy (non-hydrogen) atoms. The molecule has 7 nitrogen and oxygen atoms in total. The van der Waals surface area contributed by atoms with E-state index in [0.29, 0.717) is 5.16 Å². The van der Waals surface area contributed by atoms with Crippen LogP contribution in [0.15, 0.2) is 9.95 Å². The first kappa shape index (κ1) is 8.71. The highest BCUT2D eigenvalue weighted by Gasteiger charge is 2.09. The van der Waals surface area contributed by atoms with Crippen LogP contribution in [-0.4, -0.2) is 31.1 Å². The van der Waals surface area contributed by atoms with E-state index >= 15 is 0 Å². The fourth-order valence-corrected chi connectivity index (χ4v) is 1.28. The Bertz CT molecular complexity index is 578. The van der Waals surface area contributed by atoms with Gasteiger partial charge in [0.1, 0.15) is 6.07 Å². The van der Waals surface area contributed by atoms with E-state index in [2.05, 4.69) is 20.3 Å². The first-order valence-electron chi connectivity index (χ1n) is 3.56. The molecule has 0 unspecified atom stereocenters. The van der Waals surface area contributed by atoms with Gasteiger partial charge in [-0.25, -0.2) is 0 Å². The van der Waals surface area contributed by atoms with Crippen molar-refractivity contribution in [1.82, 2.24) is 24.8 Å². The molecule has 8 heteroatoms. The fourth-order valence-electron chi connectivity index (χ4n) is 0.925. The van der Waals surface area contributed by atoms with E-state index in [0.717, 1.165) is 4.52 Å². The van der Waals surface area contributed by atoms with Crippen molar-refractivity contribution in [2.24, 2.45) is 0 Å². The number of fused-ring (bicyclic) bond motifs is 1. The Morgan fingerprint density at radius 2 is 2.36 bits per heavy atom. The molecule has 0 aromatic carbocycles.